The highest BCUT2D eigenvalue weighted by Crippen LogP contribution is 2.13. The summed E-state index contributed by atoms with van der Waals surface area (Å²) in [5.74, 6) is 0.365. The third-order valence-electron chi connectivity index (χ3n) is 1.37. The van der Waals surface area contributed by atoms with E-state index in [-0.39, 0.29) is 18.2 Å². The van der Waals surface area contributed by atoms with Crippen LogP contribution in [-0.4, -0.2) is 28.3 Å². The Bertz CT molecular complexity index is 304. The van der Waals surface area contributed by atoms with Crippen LogP contribution < -0.4 is 10.5 Å². The first-order chi connectivity index (χ1) is 6.25. The summed E-state index contributed by atoms with van der Waals surface area (Å²) in [6.45, 7) is 0.125. The summed E-state index contributed by atoms with van der Waals surface area (Å²) in [6.07, 6.45) is 1.58. The first-order valence-corrected chi connectivity index (χ1v) is 4.15. The van der Waals surface area contributed by atoms with Crippen molar-refractivity contribution in [1.29, 1.82) is 0 Å². The van der Waals surface area contributed by atoms with Gasteiger partial charge in [0, 0.05) is 6.20 Å². The summed E-state index contributed by atoms with van der Waals surface area (Å²) in [5.41, 5.74) is 6.02. The first kappa shape index (κ1) is 9.88. The minimum Gasteiger partial charge on any atom is -0.475 e. The van der Waals surface area contributed by atoms with Gasteiger partial charge in [0.15, 0.2) is 0 Å². The number of aromatic nitrogens is 1. The average Bonchev–Trinajstić information content (AvgIpc) is 2.15. The van der Waals surface area contributed by atoms with Gasteiger partial charge in [0.2, 0.25) is 5.88 Å². The van der Waals surface area contributed by atoms with Crippen LogP contribution in [0.3, 0.4) is 0 Å². The molecule has 4 nitrogen and oxygen atoms in total. The zero-order valence-electron chi connectivity index (χ0n) is 6.93. The molecule has 0 unspecified atom stereocenters. The van der Waals surface area contributed by atoms with E-state index in [9.17, 15) is 0 Å². The van der Waals surface area contributed by atoms with E-state index >= 15 is 0 Å². The summed E-state index contributed by atoms with van der Waals surface area (Å²) in [7, 11) is 0. The van der Waals surface area contributed by atoms with Crippen LogP contribution in [0.15, 0.2) is 18.3 Å². The van der Waals surface area contributed by atoms with E-state index in [0.717, 1.165) is 0 Å². The third-order valence-corrected chi connectivity index (χ3v) is 1.59. The van der Waals surface area contributed by atoms with E-state index in [0.29, 0.717) is 11.4 Å². The van der Waals surface area contributed by atoms with Crippen LogP contribution in [0.1, 0.15) is 5.56 Å². The summed E-state index contributed by atoms with van der Waals surface area (Å²) < 4.78 is 5.12. The van der Waals surface area contributed by atoms with Crippen molar-refractivity contribution in [3.8, 4) is 5.88 Å². The molecule has 0 amide bonds. The summed E-state index contributed by atoms with van der Waals surface area (Å²) >= 11 is 4.80. The number of aliphatic hydroxyl groups is 1. The van der Waals surface area contributed by atoms with Gasteiger partial charge in [0.1, 0.15) is 11.6 Å². The monoisotopic (exact) mass is 198 g/mol. The van der Waals surface area contributed by atoms with Crippen molar-refractivity contribution in [3.05, 3.63) is 23.9 Å². The molecule has 1 rings (SSSR count). The van der Waals surface area contributed by atoms with Crippen LogP contribution in [0.25, 0.3) is 0 Å². The van der Waals surface area contributed by atoms with Gasteiger partial charge in [0.05, 0.1) is 12.2 Å². The Hall–Kier alpha value is -1.20. The van der Waals surface area contributed by atoms with E-state index < -0.39 is 0 Å². The molecular weight excluding hydrogens is 188 g/mol. The lowest BCUT2D eigenvalue weighted by atomic mass is 10.3. The summed E-state index contributed by atoms with van der Waals surface area (Å²) in [6, 6.07) is 3.45. The number of ether oxygens (including phenoxy) is 1. The van der Waals surface area contributed by atoms with Crippen LogP contribution in [0, 0.1) is 0 Å². The van der Waals surface area contributed by atoms with Gasteiger partial charge in [-0.25, -0.2) is 4.98 Å². The van der Waals surface area contributed by atoms with Gasteiger partial charge in [-0.3, -0.25) is 0 Å². The van der Waals surface area contributed by atoms with Gasteiger partial charge < -0.3 is 15.6 Å². The highest BCUT2D eigenvalue weighted by molar-refractivity contribution is 7.80. The molecule has 0 spiro atoms. The van der Waals surface area contributed by atoms with Crippen molar-refractivity contribution in [2.24, 2.45) is 5.73 Å². The van der Waals surface area contributed by atoms with E-state index in [1.165, 1.54) is 0 Å². The Balaban J connectivity index is 2.84. The molecule has 1 aromatic rings. The molecule has 0 atom stereocenters. The molecule has 0 saturated carbocycles. The van der Waals surface area contributed by atoms with Crippen LogP contribution in [0.2, 0.25) is 0 Å². The van der Waals surface area contributed by atoms with Crippen LogP contribution in [-0.2, 0) is 0 Å². The van der Waals surface area contributed by atoms with Crippen molar-refractivity contribution >= 4 is 17.2 Å². The second kappa shape index (κ2) is 4.74. The van der Waals surface area contributed by atoms with Crippen molar-refractivity contribution in [2.75, 3.05) is 13.2 Å². The van der Waals surface area contributed by atoms with Gasteiger partial charge in [-0.2, -0.15) is 0 Å². The zero-order chi connectivity index (χ0) is 9.68. The fourth-order valence-electron chi connectivity index (χ4n) is 0.836. The van der Waals surface area contributed by atoms with Crippen LogP contribution in [0.4, 0.5) is 0 Å². The number of rotatable bonds is 4. The number of hydrogen-bond acceptors (Lipinski definition) is 4. The summed E-state index contributed by atoms with van der Waals surface area (Å²) in [5, 5.41) is 8.54. The second-order valence-electron chi connectivity index (χ2n) is 2.29. The normalized spacial score (nSPS) is 9.62. The second-order valence-corrected chi connectivity index (χ2v) is 2.73. The fourth-order valence-corrected chi connectivity index (χ4v) is 0.991. The summed E-state index contributed by atoms with van der Waals surface area (Å²) in [4.78, 5) is 4.17. The molecule has 0 aliphatic rings. The maximum atomic E-state index is 8.54. The maximum Gasteiger partial charge on any atom is 0.223 e. The molecular formula is C8H10N2O2S. The van der Waals surface area contributed by atoms with Gasteiger partial charge in [-0.05, 0) is 12.1 Å². The van der Waals surface area contributed by atoms with Gasteiger partial charge in [-0.15, -0.1) is 0 Å². The molecule has 70 valence electrons. The Morgan fingerprint density at radius 2 is 2.46 bits per heavy atom. The van der Waals surface area contributed by atoms with Crippen molar-refractivity contribution in [2.45, 2.75) is 0 Å². The fraction of sp³-hybridized carbons (Fsp3) is 0.250. The number of nitrogens with two attached hydrogens (primary N) is 1. The standard InChI is InChI=1S/C8H10N2O2S/c9-7(13)6-2-1-3-10-8(6)12-5-4-11/h1-3,11H,4-5H2,(H2,9,13). The highest BCUT2D eigenvalue weighted by Gasteiger charge is 2.05. The van der Waals surface area contributed by atoms with Gasteiger partial charge >= 0.3 is 0 Å². The van der Waals surface area contributed by atoms with Crippen LogP contribution >= 0.6 is 12.2 Å². The molecule has 0 bridgehead atoms. The molecule has 0 saturated heterocycles. The predicted molar refractivity (Wildman–Crippen MR) is 52.7 cm³/mol. The largest absolute Gasteiger partial charge is 0.475 e. The number of pyridine rings is 1. The zero-order valence-corrected chi connectivity index (χ0v) is 7.75. The van der Waals surface area contributed by atoms with Crippen molar-refractivity contribution < 1.29 is 9.84 Å². The molecule has 0 aliphatic heterocycles. The van der Waals surface area contributed by atoms with Gasteiger partial charge in [-0.1, -0.05) is 12.2 Å². The Kier molecular flexibility index (Phi) is 3.60. The molecule has 0 aromatic carbocycles. The molecule has 13 heavy (non-hydrogen) atoms. The van der Waals surface area contributed by atoms with E-state index in [2.05, 4.69) is 4.98 Å². The quantitative estimate of drug-likeness (QED) is 0.671. The lowest BCUT2D eigenvalue weighted by Gasteiger charge is -2.06. The SMILES string of the molecule is NC(=S)c1cccnc1OCCO. The minimum atomic E-state index is -0.0622. The smallest absolute Gasteiger partial charge is 0.223 e. The molecule has 3 N–H and O–H groups in total. The molecule has 0 fully saturated rings. The van der Waals surface area contributed by atoms with Crippen LogP contribution in [0.5, 0.6) is 5.88 Å². The molecule has 5 heteroatoms. The molecule has 1 heterocycles. The lowest BCUT2D eigenvalue weighted by molar-refractivity contribution is 0.196. The Labute approximate surface area is 81.4 Å². The molecule has 1 aromatic heterocycles. The predicted octanol–water partition coefficient (Wildman–Crippen LogP) is 0.0869. The van der Waals surface area contributed by atoms with Crippen molar-refractivity contribution in [1.82, 2.24) is 4.98 Å². The highest BCUT2D eigenvalue weighted by atomic mass is 32.1. The number of nitrogens with zero attached hydrogens (tertiary/aromatic N) is 1. The Morgan fingerprint density at radius 1 is 1.69 bits per heavy atom. The number of hydrogen-bond donors (Lipinski definition) is 2. The average molecular weight is 198 g/mol. The van der Waals surface area contributed by atoms with Crippen molar-refractivity contribution in [3.63, 3.8) is 0 Å². The van der Waals surface area contributed by atoms with E-state index in [1.54, 1.807) is 18.3 Å². The number of thiocarbonyl (C=S) groups is 1. The number of aliphatic hydroxyl groups excluding tert-OH is 1. The maximum absolute atomic E-state index is 8.54. The Morgan fingerprint density at radius 3 is 3.08 bits per heavy atom. The lowest BCUT2D eigenvalue weighted by Crippen LogP contribution is -2.13. The van der Waals surface area contributed by atoms with Gasteiger partial charge in [0.25, 0.3) is 0 Å². The van der Waals surface area contributed by atoms with E-state index in [4.69, 9.17) is 27.8 Å². The molecule has 0 radical (unpaired) electrons. The van der Waals surface area contributed by atoms with E-state index in [1.807, 2.05) is 0 Å². The third kappa shape index (κ3) is 2.64. The minimum absolute atomic E-state index is 0.0622. The molecule has 0 aliphatic carbocycles. The first-order valence-electron chi connectivity index (χ1n) is 3.74. The topological polar surface area (TPSA) is 68.4 Å².